The molecule has 7 heteroatoms. The third-order valence-electron chi connectivity index (χ3n) is 13.0. The van der Waals surface area contributed by atoms with E-state index >= 15 is 0 Å². The standard InChI is InChI=1S/C54H105NO6/c1-7-12-26-35-49(36-27-13-8-2)44-47-59-52(56)41-32-24-20-16-18-22-30-39-51(61-54(58)43-34-46-55(6)11-5)40-31-23-19-17-21-25-33-42-53(57)60-48-45-50(37-28-14-9-3)38-29-15-10-4/h49-51H,7-48H2,1-6H3. The summed E-state index contributed by atoms with van der Waals surface area (Å²) in [5.41, 5.74) is 0. The molecule has 0 spiro atoms. The number of unbranched alkanes of at least 4 members (excludes halogenated alkanes) is 20. The van der Waals surface area contributed by atoms with Crippen LogP contribution in [0.15, 0.2) is 0 Å². The van der Waals surface area contributed by atoms with E-state index in [1.165, 1.54) is 141 Å². The molecule has 0 rings (SSSR count). The third kappa shape index (κ3) is 42.1. The topological polar surface area (TPSA) is 82.1 Å². The minimum Gasteiger partial charge on any atom is -0.466 e. The van der Waals surface area contributed by atoms with Crippen molar-refractivity contribution in [1.82, 2.24) is 4.90 Å². The number of carbonyl (C=O) groups excluding carboxylic acids is 3. The summed E-state index contributed by atoms with van der Waals surface area (Å²) in [6.45, 7) is 14.3. The van der Waals surface area contributed by atoms with E-state index in [-0.39, 0.29) is 24.0 Å². The first-order valence-corrected chi connectivity index (χ1v) is 27.0. The van der Waals surface area contributed by atoms with Crippen molar-refractivity contribution in [3.63, 3.8) is 0 Å². The van der Waals surface area contributed by atoms with Crippen LogP contribution < -0.4 is 0 Å². The van der Waals surface area contributed by atoms with E-state index in [1.54, 1.807) is 0 Å². The highest BCUT2D eigenvalue weighted by molar-refractivity contribution is 5.70. The third-order valence-corrected chi connectivity index (χ3v) is 13.0. The van der Waals surface area contributed by atoms with E-state index in [4.69, 9.17) is 14.2 Å². The highest BCUT2D eigenvalue weighted by Gasteiger charge is 2.16. The van der Waals surface area contributed by atoms with Gasteiger partial charge in [0.05, 0.1) is 13.2 Å². The fourth-order valence-corrected chi connectivity index (χ4v) is 8.63. The summed E-state index contributed by atoms with van der Waals surface area (Å²) in [6.07, 6.45) is 42.7. The maximum atomic E-state index is 12.8. The molecule has 0 fully saturated rings. The number of hydrogen-bond acceptors (Lipinski definition) is 7. The number of hydrogen-bond donors (Lipinski definition) is 0. The second kappa shape index (κ2) is 46.4. The van der Waals surface area contributed by atoms with Gasteiger partial charge in [-0.3, -0.25) is 14.4 Å². The number of nitrogens with zero attached hydrogens (tertiary/aromatic N) is 1. The Kier molecular flexibility index (Phi) is 45.1. The smallest absolute Gasteiger partial charge is 0.306 e. The zero-order valence-corrected chi connectivity index (χ0v) is 41.8. The summed E-state index contributed by atoms with van der Waals surface area (Å²) in [5.74, 6) is 1.34. The summed E-state index contributed by atoms with van der Waals surface area (Å²) in [4.78, 5) is 39.7. The Morgan fingerprint density at radius 2 is 0.705 bits per heavy atom. The van der Waals surface area contributed by atoms with E-state index in [0.29, 0.717) is 44.3 Å². The largest absolute Gasteiger partial charge is 0.466 e. The number of ether oxygens (including phenoxy) is 3. The molecule has 0 amide bonds. The van der Waals surface area contributed by atoms with Gasteiger partial charge in [0.1, 0.15) is 6.10 Å². The van der Waals surface area contributed by atoms with Crippen LogP contribution in [0.3, 0.4) is 0 Å². The first-order chi connectivity index (χ1) is 29.8. The molecule has 7 nitrogen and oxygen atoms in total. The predicted octanol–water partition coefficient (Wildman–Crippen LogP) is 16.1. The molecule has 0 aliphatic heterocycles. The molecule has 0 saturated carbocycles. The maximum absolute atomic E-state index is 12.8. The summed E-state index contributed by atoms with van der Waals surface area (Å²) in [6, 6.07) is 0. The Morgan fingerprint density at radius 3 is 1.07 bits per heavy atom. The fraction of sp³-hybridized carbons (Fsp3) is 0.944. The molecule has 0 heterocycles. The van der Waals surface area contributed by atoms with Crippen LogP contribution in [0, 0.1) is 11.8 Å². The highest BCUT2D eigenvalue weighted by Crippen LogP contribution is 2.23. The zero-order chi connectivity index (χ0) is 44.9. The lowest BCUT2D eigenvalue weighted by atomic mass is 9.92. The summed E-state index contributed by atoms with van der Waals surface area (Å²) in [5, 5.41) is 0. The molecule has 0 aliphatic rings. The molecule has 0 N–H and O–H groups in total. The highest BCUT2D eigenvalue weighted by atomic mass is 16.5. The molecule has 0 aliphatic carbocycles. The van der Waals surface area contributed by atoms with Crippen LogP contribution in [0.5, 0.6) is 0 Å². The lowest BCUT2D eigenvalue weighted by molar-refractivity contribution is -0.150. The molecular formula is C54H105NO6. The van der Waals surface area contributed by atoms with Crippen LogP contribution >= 0.6 is 0 Å². The number of carbonyl (C=O) groups is 3. The molecule has 0 aromatic carbocycles. The molecule has 362 valence electrons. The van der Waals surface area contributed by atoms with Crippen LogP contribution in [0.1, 0.15) is 279 Å². The number of esters is 3. The first-order valence-electron chi connectivity index (χ1n) is 27.0. The Labute approximate surface area is 380 Å². The van der Waals surface area contributed by atoms with Gasteiger partial charge in [-0.2, -0.15) is 0 Å². The van der Waals surface area contributed by atoms with Gasteiger partial charge >= 0.3 is 17.9 Å². The van der Waals surface area contributed by atoms with Gasteiger partial charge in [0.2, 0.25) is 0 Å². The van der Waals surface area contributed by atoms with Crippen molar-refractivity contribution in [2.45, 2.75) is 285 Å². The average molecular weight is 864 g/mol. The molecule has 0 aromatic heterocycles. The Balaban J connectivity index is 4.28. The van der Waals surface area contributed by atoms with Crippen LogP contribution in [-0.2, 0) is 28.6 Å². The molecule has 0 saturated heterocycles. The van der Waals surface area contributed by atoms with E-state index in [2.05, 4.69) is 46.6 Å². The molecular weight excluding hydrogens is 759 g/mol. The second-order valence-corrected chi connectivity index (χ2v) is 18.9. The van der Waals surface area contributed by atoms with Gasteiger partial charge in [-0.1, -0.05) is 202 Å². The van der Waals surface area contributed by atoms with Gasteiger partial charge in [-0.15, -0.1) is 0 Å². The Morgan fingerprint density at radius 1 is 0.377 bits per heavy atom. The average Bonchev–Trinajstić information content (AvgIpc) is 3.24. The van der Waals surface area contributed by atoms with Crippen LogP contribution in [0.2, 0.25) is 0 Å². The van der Waals surface area contributed by atoms with Gasteiger partial charge in [0, 0.05) is 19.3 Å². The van der Waals surface area contributed by atoms with E-state index in [9.17, 15) is 14.4 Å². The van der Waals surface area contributed by atoms with Crippen molar-refractivity contribution in [3.05, 3.63) is 0 Å². The van der Waals surface area contributed by atoms with Gasteiger partial charge in [-0.05, 0) is 89.8 Å². The predicted molar refractivity (Wildman–Crippen MR) is 260 cm³/mol. The Hall–Kier alpha value is -1.63. The lowest BCUT2D eigenvalue weighted by Gasteiger charge is -2.19. The van der Waals surface area contributed by atoms with E-state index < -0.39 is 0 Å². The van der Waals surface area contributed by atoms with Gasteiger partial charge in [-0.25, -0.2) is 0 Å². The van der Waals surface area contributed by atoms with Crippen molar-refractivity contribution < 1.29 is 28.6 Å². The zero-order valence-electron chi connectivity index (χ0n) is 41.8. The normalized spacial score (nSPS) is 11.7. The van der Waals surface area contributed by atoms with Gasteiger partial charge in [0.25, 0.3) is 0 Å². The molecule has 0 radical (unpaired) electrons. The maximum Gasteiger partial charge on any atom is 0.306 e. The summed E-state index contributed by atoms with van der Waals surface area (Å²) >= 11 is 0. The first kappa shape index (κ1) is 59.4. The summed E-state index contributed by atoms with van der Waals surface area (Å²) in [7, 11) is 2.10. The minimum atomic E-state index is -0.0379. The monoisotopic (exact) mass is 864 g/mol. The van der Waals surface area contributed by atoms with Crippen LogP contribution in [0.25, 0.3) is 0 Å². The minimum absolute atomic E-state index is 0.0162. The SMILES string of the molecule is CCCCCC(CCCCC)CCOC(=O)CCCCCCCCCC(CCCCCCCCCC(=O)OCCC(CCCCC)CCCCC)OC(=O)CCCN(C)CC. The molecule has 0 unspecified atom stereocenters. The quantitative estimate of drug-likeness (QED) is 0.0342. The van der Waals surface area contributed by atoms with Crippen molar-refractivity contribution in [3.8, 4) is 0 Å². The Bertz CT molecular complexity index is 878. The second-order valence-electron chi connectivity index (χ2n) is 18.9. The van der Waals surface area contributed by atoms with Crippen molar-refractivity contribution in [2.24, 2.45) is 11.8 Å². The van der Waals surface area contributed by atoms with E-state index in [1.807, 2.05) is 0 Å². The van der Waals surface area contributed by atoms with Crippen LogP contribution in [0.4, 0.5) is 0 Å². The van der Waals surface area contributed by atoms with Crippen LogP contribution in [-0.4, -0.2) is 62.3 Å². The van der Waals surface area contributed by atoms with Crippen molar-refractivity contribution >= 4 is 17.9 Å². The number of rotatable bonds is 48. The molecule has 0 aromatic rings. The van der Waals surface area contributed by atoms with Gasteiger partial charge in [0.15, 0.2) is 0 Å². The van der Waals surface area contributed by atoms with E-state index in [0.717, 1.165) is 96.6 Å². The molecule has 0 bridgehead atoms. The summed E-state index contributed by atoms with van der Waals surface area (Å²) < 4.78 is 17.3. The molecule has 0 atom stereocenters. The van der Waals surface area contributed by atoms with Gasteiger partial charge < -0.3 is 19.1 Å². The van der Waals surface area contributed by atoms with Crippen molar-refractivity contribution in [2.75, 3.05) is 33.4 Å². The lowest BCUT2D eigenvalue weighted by Crippen LogP contribution is -2.22. The van der Waals surface area contributed by atoms with Crippen molar-refractivity contribution in [1.29, 1.82) is 0 Å². The molecule has 61 heavy (non-hydrogen) atoms. The fourth-order valence-electron chi connectivity index (χ4n) is 8.63.